The molecular weight excluding hydrogens is 224 g/mol. The zero-order valence-corrected chi connectivity index (χ0v) is 11.1. The van der Waals surface area contributed by atoms with Gasteiger partial charge in [-0.2, -0.15) is 0 Å². The van der Waals surface area contributed by atoms with E-state index < -0.39 is 0 Å². The lowest BCUT2D eigenvalue weighted by atomic mass is 9.76. The number of aryl methyl sites for hydroxylation is 1. The van der Waals surface area contributed by atoms with Gasteiger partial charge in [0.2, 0.25) is 0 Å². The molecule has 98 valence electrons. The molecule has 0 bridgehead atoms. The van der Waals surface area contributed by atoms with E-state index in [2.05, 4.69) is 23.1 Å². The largest absolute Gasteiger partial charge is 0.496 e. The Morgan fingerprint density at radius 3 is 3.06 bits per heavy atom. The van der Waals surface area contributed by atoms with Crippen LogP contribution in [0.15, 0.2) is 18.2 Å². The van der Waals surface area contributed by atoms with E-state index in [9.17, 15) is 0 Å². The number of likely N-dealkylation sites (tertiary alicyclic amines) is 1. The fourth-order valence-corrected chi connectivity index (χ4v) is 3.69. The Bertz CT molecular complexity index is 418. The molecule has 2 N–H and O–H groups in total. The lowest BCUT2D eigenvalue weighted by Crippen LogP contribution is -2.27. The molecule has 0 radical (unpaired) electrons. The number of hydrogen-bond acceptors (Lipinski definition) is 3. The summed E-state index contributed by atoms with van der Waals surface area (Å²) in [6.45, 7) is 4.14. The van der Waals surface area contributed by atoms with Gasteiger partial charge in [0, 0.05) is 37.7 Å². The molecule has 0 spiro atoms. The van der Waals surface area contributed by atoms with Crippen LogP contribution in [0.4, 0.5) is 0 Å². The van der Waals surface area contributed by atoms with Crippen LogP contribution in [0.5, 0.6) is 5.75 Å². The number of benzene rings is 1. The van der Waals surface area contributed by atoms with Gasteiger partial charge in [-0.3, -0.25) is 0 Å². The monoisotopic (exact) mass is 246 g/mol. The van der Waals surface area contributed by atoms with Crippen LogP contribution in [-0.2, 0) is 6.42 Å². The highest BCUT2D eigenvalue weighted by molar-refractivity contribution is 5.45. The fraction of sp³-hybridized carbons (Fsp3) is 0.600. The first-order chi connectivity index (χ1) is 8.83. The van der Waals surface area contributed by atoms with Crippen LogP contribution < -0.4 is 10.5 Å². The van der Waals surface area contributed by atoms with Crippen molar-refractivity contribution in [2.75, 3.05) is 33.3 Å². The molecule has 1 heterocycles. The Hall–Kier alpha value is -1.06. The highest BCUT2D eigenvalue weighted by Gasteiger charge is 2.38. The Balaban J connectivity index is 1.92. The highest BCUT2D eigenvalue weighted by atomic mass is 16.5. The quantitative estimate of drug-likeness (QED) is 0.880. The zero-order valence-electron chi connectivity index (χ0n) is 11.1. The van der Waals surface area contributed by atoms with Gasteiger partial charge in [-0.05, 0) is 30.4 Å². The molecule has 3 rings (SSSR count). The van der Waals surface area contributed by atoms with Crippen molar-refractivity contribution >= 4 is 0 Å². The highest BCUT2D eigenvalue weighted by Crippen LogP contribution is 2.45. The van der Waals surface area contributed by atoms with E-state index in [1.807, 2.05) is 0 Å². The summed E-state index contributed by atoms with van der Waals surface area (Å²) in [5.74, 6) is 2.52. The molecule has 1 aromatic carbocycles. The predicted molar refractivity (Wildman–Crippen MR) is 73.0 cm³/mol. The maximum atomic E-state index is 5.68. The standard InChI is InChI=1S/C15H22N2O/c1-18-14-4-2-3-11-5-6-12-9-17(8-7-16)10-13(12)15(11)14/h2-4,12-13H,5-10,16H2,1H3/t12-,13+/m0/s1. The smallest absolute Gasteiger partial charge is 0.122 e. The Labute approximate surface area is 109 Å². The van der Waals surface area contributed by atoms with E-state index >= 15 is 0 Å². The molecule has 0 saturated carbocycles. The second-order valence-electron chi connectivity index (χ2n) is 5.49. The van der Waals surface area contributed by atoms with Crippen molar-refractivity contribution in [1.29, 1.82) is 0 Å². The molecule has 3 heteroatoms. The molecule has 1 aliphatic heterocycles. The molecule has 2 aliphatic rings. The van der Waals surface area contributed by atoms with Gasteiger partial charge in [-0.15, -0.1) is 0 Å². The third-order valence-electron chi connectivity index (χ3n) is 4.49. The lowest BCUT2D eigenvalue weighted by molar-refractivity contribution is 0.330. The van der Waals surface area contributed by atoms with Gasteiger partial charge in [0.05, 0.1) is 7.11 Å². The van der Waals surface area contributed by atoms with Crippen molar-refractivity contribution in [3.8, 4) is 5.75 Å². The molecule has 2 atom stereocenters. The fourth-order valence-electron chi connectivity index (χ4n) is 3.69. The molecular formula is C15H22N2O. The minimum atomic E-state index is 0.649. The van der Waals surface area contributed by atoms with E-state index in [0.717, 1.165) is 31.3 Å². The number of fused-ring (bicyclic) bond motifs is 3. The maximum absolute atomic E-state index is 5.68. The van der Waals surface area contributed by atoms with Gasteiger partial charge in [-0.25, -0.2) is 0 Å². The average Bonchev–Trinajstić information content (AvgIpc) is 2.81. The van der Waals surface area contributed by atoms with Gasteiger partial charge in [0.15, 0.2) is 0 Å². The molecule has 0 unspecified atom stereocenters. The number of ether oxygens (including phenoxy) is 1. The van der Waals surface area contributed by atoms with E-state index in [1.165, 1.54) is 30.5 Å². The molecule has 18 heavy (non-hydrogen) atoms. The van der Waals surface area contributed by atoms with E-state index in [1.54, 1.807) is 7.11 Å². The van der Waals surface area contributed by atoms with Crippen LogP contribution in [-0.4, -0.2) is 38.2 Å². The molecule has 0 aromatic heterocycles. The molecule has 0 amide bonds. The first-order valence-electron chi connectivity index (χ1n) is 6.91. The van der Waals surface area contributed by atoms with Crippen molar-refractivity contribution in [3.63, 3.8) is 0 Å². The SMILES string of the molecule is COc1cccc2c1[C@@H]1CN(CCN)C[C@@H]1CC2. The van der Waals surface area contributed by atoms with Gasteiger partial charge in [-0.1, -0.05) is 12.1 Å². The zero-order chi connectivity index (χ0) is 12.5. The summed E-state index contributed by atoms with van der Waals surface area (Å²) in [4.78, 5) is 2.51. The summed E-state index contributed by atoms with van der Waals surface area (Å²) in [5, 5.41) is 0. The number of hydrogen-bond donors (Lipinski definition) is 1. The first kappa shape index (κ1) is 12.0. The Kier molecular flexibility index (Phi) is 3.27. The van der Waals surface area contributed by atoms with Gasteiger partial charge in [0.1, 0.15) is 5.75 Å². The van der Waals surface area contributed by atoms with Crippen molar-refractivity contribution in [2.24, 2.45) is 11.7 Å². The van der Waals surface area contributed by atoms with E-state index in [-0.39, 0.29) is 0 Å². The molecule has 1 aromatic rings. The molecule has 1 aliphatic carbocycles. The summed E-state index contributed by atoms with van der Waals surface area (Å²) >= 11 is 0. The van der Waals surface area contributed by atoms with Crippen LogP contribution in [0, 0.1) is 5.92 Å². The van der Waals surface area contributed by atoms with Gasteiger partial charge in [0.25, 0.3) is 0 Å². The Morgan fingerprint density at radius 1 is 1.39 bits per heavy atom. The summed E-state index contributed by atoms with van der Waals surface area (Å²) < 4.78 is 5.57. The number of nitrogens with two attached hydrogens (primary N) is 1. The van der Waals surface area contributed by atoms with E-state index in [4.69, 9.17) is 10.5 Å². The average molecular weight is 246 g/mol. The van der Waals surface area contributed by atoms with Crippen molar-refractivity contribution in [2.45, 2.75) is 18.8 Å². The minimum absolute atomic E-state index is 0.649. The summed E-state index contributed by atoms with van der Waals surface area (Å²) in [5.41, 5.74) is 8.64. The second kappa shape index (κ2) is 4.90. The van der Waals surface area contributed by atoms with Crippen LogP contribution in [0.3, 0.4) is 0 Å². The third-order valence-corrected chi connectivity index (χ3v) is 4.49. The second-order valence-corrected chi connectivity index (χ2v) is 5.49. The van der Waals surface area contributed by atoms with Crippen LogP contribution in [0.2, 0.25) is 0 Å². The predicted octanol–water partition coefficient (Wildman–Crippen LogP) is 1.62. The van der Waals surface area contributed by atoms with Crippen molar-refractivity contribution in [3.05, 3.63) is 29.3 Å². The number of rotatable bonds is 3. The molecule has 1 saturated heterocycles. The van der Waals surface area contributed by atoms with Crippen LogP contribution in [0.25, 0.3) is 0 Å². The Morgan fingerprint density at radius 2 is 2.28 bits per heavy atom. The number of methoxy groups -OCH3 is 1. The van der Waals surface area contributed by atoms with Gasteiger partial charge < -0.3 is 15.4 Å². The maximum Gasteiger partial charge on any atom is 0.122 e. The van der Waals surface area contributed by atoms with Crippen molar-refractivity contribution in [1.82, 2.24) is 4.90 Å². The number of nitrogens with zero attached hydrogens (tertiary/aromatic N) is 1. The molecule has 3 nitrogen and oxygen atoms in total. The third kappa shape index (κ3) is 1.91. The first-order valence-corrected chi connectivity index (χ1v) is 6.91. The van der Waals surface area contributed by atoms with E-state index in [0.29, 0.717) is 5.92 Å². The van der Waals surface area contributed by atoms with Crippen LogP contribution >= 0.6 is 0 Å². The summed E-state index contributed by atoms with van der Waals surface area (Å²) in [6.07, 6.45) is 2.51. The summed E-state index contributed by atoms with van der Waals surface area (Å²) in [6, 6.07) is 6.48. The van der Waals surface area contributed by atoms with Gasteiger partial charge >= 0.3 is 0 Å². The van der Waals surface area contributed by atoms with Crippen LogP contribution in [0.1, 0.15) is 23.5 Å². The lowest BCUT2D eigenvalue weighted by Gasteiger charge is -2.28. The topological polar surface area (TPSA) is 38.5 Å². The normalized spacial score (nSPS) is 26.8. The molecule has 1 fully saturated rings. The summed E-state index contributed by atoms with van der Waals surface area (Å²) in [7, 11) is 1.78. The van der Waals surface area contributed by atoms with Crippen molar-refractivity contribution < 1.29 is 4.74 Å². The minimum Gasteiger partial charge on any atom is -0.496 e.